The summed E-state index contributed by atoms with van der Waals surface area (Å²) in [5, 5.41) is 3.57. The van der Waals surface area contributed by atoms with E-state index in [4.69, 9.17) is 4.74 Å². The number of benzene rings is 2. The third-order valence-electron chi connectivity index (χ3n) is 3.98. The largest absolute Gasteiger partial charge is 0.493 e. The molecule has 0 amide bonds. The van der Waals surface area contributed by atoms with Crippen molar-refractivity contribution in [3.05, 3.63) is 59.2 Å². The first kappa shape index (κ1) is 14.0. The predicted molar refractivity (Wildman–Crippen MR) is 88.3 cm³/mol. The fourth-order valence-electron chi connectivity index (χ4n) is 2.94. The van der Waals surface area contributed by atoms with Gasteiger partial charge >= 0.3 is 0 Å². The first-order chi connectivity index (χ1) is 10.4. The van der Waals surface area contributed by atoms with Crippen LogP contribution < -0.4 is 10.1 Å². The van der Waals surface area contributed by atoms with E-state index in [-0.39, 0.29) is 0 Å². The van der Waals surface area contributed by atoms with Crippen LogP contribution in [-0.4, -0.2) is 13.2 Å². The molecule has 2 heteroatoms. The summed E-state index contributed by atoms with van der Waals surface area (Å²) in [7, 11) is 0. The van der Waals surface area contributed by atoms with Crippen molar-refractivity contribution in [2.75, 3.05) is 18.5 Å². The third-order valence-corrected chi connectivity index (χ3v) is 3.98. The summed E-state index contributed by atoms with van der Waals surface area (Å²) in [4.78, 5) is 0. The maximum absolute atomic E-state index is 5.88. The standard InChI is InChI=1S/C19H23NO/c1-2-13-21-18-11-4-3-7-16(18)14-17-9-5-8-15-10-6-12-20-19(15)17/h3-5,7-9,11,20H,2,6,10,12-14H2,1H3. The van der Waals surface area contributed by atoms with Crippen molar-refractivity contribution in [1.29, 1.82) is 0 Å². The molecular weight excluding hydrogens is 258 g/mol. The number of para-hydroxylation sites is 2. The number of fused-ring (bicyclic) bond motifs is 1. The molecule has 0 atom stereocenters. The number of hydrogen-bond acceptors (Lipinski definition) is 2. The van der Waals surface area contributed by atoms with Crippen molar-refractivity contribution >= 4 is 5.69 Å². The highest BCUT2D eigenvalue weighted by Crippen LogP contribution is 2.30. The van der Waals surface area contributed by atoms with E-state index in [0.717, 1.165) is 31.7 Å². The first-order valence-electron chi connectivity index (χ1n) is 7.94. The van der Waals surface area contributed by atoms with Gasteiger partial charge in [-0.05, 0) is 42.0 Å². The van der Waals surface area contributed by atoms with Crippen molar-refractivity contribution in [2.24, 2.45) is 0 Å². The molecule has 1 aliphatic heterocycles. The van der Waals surface area contributed by atoms with Crippen LogP contribution in [0.3, 0.4) is 0 Å². The van der Waals surface area contributed by atoms with Gasteiger partial charge in [0.2, 0.25) is 0 Å². The molecule has 0 fully saturated rings. The first-order valence-corrected chi connectivity index (χ1v) is 7.94. The Morgan fingerprint density at radius 3 is 2.81 bits per heavy atom. The van der Waals surface area contributed by atoms with Gasteiger partial charge in [-0.25, -0.2) is 0 Å². The van der Waals surface area contributed by atoms with Gasteiger partial charge in [0.1, 0.15) is 5.75 Å². The molecule has 0 spiro atoms. The molecule has 0 aromatic heterocycles. The van der Waals surface area contributed by atoms with Gasteiger partial charge in [0.05, 0.1) is 6.61 Å². The number of hydrogen-bond donors (Lipinski definition) is 1. The zero-order chi connectivity index (χ0) is 14.5. The fraction of sp³-hybridized carbons (Fsp3) is 0.368. The van der Waals surface area contributed by atoms with Crippen LogP contribution in [0.25, 0.3) is 0 Å². The average Bonchev–Trinajstić information content (AvgIpc) is 2.54. The minimum absolute atomic E-state index is 0.780. The zero-order valence-corrected chi connectivity index (χ0v) is 12.7. The van der Waals surface area contributed by atoms with Gasteiger partial charge in [-0.1, -0.05) is 43.3 Å². The second kappa shape index (κ2) is 6.66. The monoisotopic (exact) mass is 281 g/mol. The predicted octanol–water partition coefficient (Wildman–Crippen LogP) is 4.42. The smallest absolute Gasteiger partial charge is 0.122 e. The Balaban J connectivity index is 1.87. The van der Waals surface area contributed by atoms with E-state index in [1.807, 2.05) is 6.07 Å². The minimum atomic E-state index is 0.780. The van der Waals surface area contributed by atoms with Crippen molar-refractivity contribution in [3.8, 4) is 5.75 Å². The van der Waals surface area contributed by atoms with Crippen molar-refractivity contribution < 1.29 is 4.74 Å². The molecule has 3 rings (SSSR count). The number of nitrogens with one attached hydrogen (secondary N) is 1. The number of ether oxygens (including phenoxy) is 1. The molecular formula is C19H23NO. The Morgan fingerprint density at radius 2 is 1.90 bits per heavy atom. The molecule has 0 aliphatic carbocycles. The van der Waals surface area contributed by atoms with Crippen molar-refractivity contribution in [1.82, 2.24) is 0 Å². The van der Waals surface area contributed by atoms with Gasteiger partial charge in [-0.2, -0.15) is 0 Å². The molecule has 1 heterocycles. The minimum Gasteiger partial charge on any atom is -0.493 e. The van der Waals surface area contributed by atoms with Gasteiger partial charge in [0.15, 0.2) is 0 Å². The summed E-state index contributed by atoms with van der Waals surface area (Å²) in [6.07, 6.45) is 4.38. The van der Waals surface area contributed by atoms with Crippen LogP contribution in [0.1, 0.15) is 36.5 Å². The molecule has 1 aliphatic rings. The second-order valence-corrected chi connectivity index (χ2v) is 5.61. The van der Waals surface area contributed by atoms with E-state index >= 15 is 0 Å². The Hall–Kier alpha value is -1.96. The summed E-state index contributed by atoms with van der Waals surface area (Å²) in [6, 6.07) is 15.0. The highest BCUT2D eigenvalue weighted by Gasteiger charge is 2.13. The van der Waals surface area contributed by atoms with E-state index in [1.165, 1.54) is 35.2 Å². The van der Waals surface area contributed by atoms with Crippen LogP contribution in [0.5, 0.6) is 5.75 Å². The Bertz CT molecular complexity index is 606. The molecule has 0 unspecified atom stereocenters. The van der Waals surface area contributed by atoms with Gasteiger partial charge in [-0.3, -0.25) is 0 Å². The third kappa shape index (κ3) is 3.21. The molecule has 0 saturated carbocycles. The Morgan fingerprint density at radius 1 is 1.05 bits per heavy atom. The van der Waals surface area contributed by atoms with Crippen LogP contribution in [0.15, 0.2) is 42.5 Å². The van der Waals surface area contributed by atoms with Gasteiger partial charge in [0.25, 0.3) is 0 Å². The maximum Gasteiger partial charge on any atom is 0.122 e. The topological polar surface area (TPSA) is 21.3 Å². The van der Waals surface area contributed by atoms with Crippen molar-refractivity contribution in [3.63, 3.8) is 0 Å². The molecule has 0 radical (unpaired) electrons. The summed E-state index contributed by atoms with van der Waals surface area (Å²) >= 11 is 0. The summed E-state index contributed by atoms with van der Waals surface area (Å²) in [5.74, 6) is 1.02. The lowest BCUT2D eigenvalue weighted by Crippen LogP contribution is -2.14. The molecule has 2 aromatic carbocycles. The zero-order valence-electron chi connectivity index (χ0n) is 12.7. The van der Waals surface area contributed by atoms with Crippen LogP contribution >= 0.6 is 0 Å². The summed E-state index contributed by atoms with van der Waals surface area (Å²) in [6.45, 7) is 4.00. The van der Waals surface area contributed by atoms with Crippen LogP contribution in [0.2, 0.25) is 0 Å². The van der Waals surface area contributed by atoms with E-state index in [1.54, 1.807) is 0 Å². The molecule has 0 saturated heterocycles. The SMILES string of the molecule is CCCOc1ccccc1Cc1cccc2c1NCCC2. The van der Waals surface area contributed by atoms with Gasteiger partial charge < -0.3 is 10.1 Å². The van der Waals surface area contributed by atoms with Crippen LogP contribution in [0.4, 0.5) is 5.69 Å². The quantitative estimate of drug-likeness (QED) is 0.875. The second-order valence-electron chi connectivity index (χ2n) is 5.61. The molecule has 2 nitrogen and oxygen atoms in total. The Labute approximate surface area is 127 Å². The molecule has 21 heavy (non-hydrogen) atoms. The normalized spacial score (nSPS) is 13.4. The molecule has 2 aromatic rings. The van der Waals surface area contributed by atoms with E-state index in [0.29, 0.717) is 0 Å². The molecule has 1 N–H and O–H groups in total. The maximum atomic E-state index is 5.88. The van der Waals surface area contributed by atoms with Gasteiger partial charge in [0, 0.05) is 18.7 Å². The summed E-state index contributed by atoms with van der Waals surface area (Å²) in [5.41, 5.74) is 5.44. The number of aryl methyl sites for hydroxylation is 1. The molecule has 110 valence electrons. The lowest BCUT2D eigenvalue weighted by molar-refractivity contribution is 0.314. The fourth-order valence-corrected chi connectivity index (χ4v) is 2.94. The lowest BCUT2D eigenvalue weighted by Gasteiger charge is -2.21. The molecule has 0 bridgehead atoms. The summed E-state index contributed by atoms with van der Waals surface area (Å²) < 4.78 is 5.88. The number of rotatable bonds is 5. The van der Waals surface area contributed by atoms with Gasteiger partial charge in [-0.15, -0.1) is 0 Å². The highest BCUT2D eigenvalue weighted by molar-refractivity contribution is 5.60. The average molecular weight is 281 g/mol. The van der Waals surface area contributed by atoms with Crippen molar-refractivity contribution in [2.45, 2.75) is 32.6 Å². The van der Waals surface area contributed by atoms with Crippen LogP contribution in [-0.2, 0) is 12.8 Å². The Kier molecular flexibility index (Phi) is 4.44. The number of anilines is 1. The lowest BCUT2D eigenvalue weighted by atomic mass is 9.95. The van der Waals surface area contributed by atoms with E-state index in [9.17, 15) is 0 Å². The van der Waals surface area contributed by atoms with E-state index < -0.39 is 0 Å². The van der Waals surface area contributed by atoms with Crippen LogP contribution in [0, 0.1) is 0 Å². The van der Waals surface area contributed by atoms with E-state index in [2.05, 4.69) is 48.6 Å². The highest BCUT2D eigenvalue weighted by atomic mass is 16.5.